The number of hydrogen-bond donors (Lipinski definition) is 2. The highest BCUT2D eigenvalue weighted by atomic mass is 35.5. The van der Waals surface area contributed by atoms with Gasteiger partial charge in [0.1, 0.15) is 11.5 Å². The van der Waals surface area contributed by atoms with Crippen molar-refractivity contribution in [1.82, 2.24) is 0 Å². The van der Waals surface area contributed by atoms with E-state index in [4.69, 9.17) is 22.1 Å². The molecule has 3 N–H and O–H groups in total. The SMILES string of the molecule is COc1ccc(C(N)CC(=O)N2CCCc3cccc(O)c32)c(Cl)c1. The predicted octanol–water partition coefficient (Wildman–Crippen LogP) is 3.42. The minimum atomic E-state index is -0.526. The van der Waals surface area contributed by atoms with Crippen LogP contribution in [0.3, 0.4) is 0 Å². The third-order valence-corrected chi connectivity index (χ3v) is 4.83. The maximum Gasteiger partial charge on any atom is 0.229 e. The Balaban J connectivity index is 1.79. The molecule has 0 radical (unpaired) electrons. The van der Waals surface area contributed by atoms with Gasteiger partial charge in [0.05, 0.1) is 12.8 Å². The summed E-state index contributed by atoms with van der Waals surface area (Å²) in [6.45, 7) is 0.576. The number of para-hydroxylation sites is 1. The molecule has 5 nitrogen and oxygen atoms in total. The van der Waals surface area contributed by atoms with E-state index in [1.165, 1.54) is 0 Å². The van der Waals surface area contributed by atoms with Gasteiger partial charge < -0.3 is 20.5 Å². The van der Waals surface area contributed by atoms with Crippen LogP contribution >= 0.6 is 11.6 Å². The Morgan fingerprint density at radius 2 is 2.20 bits per heavy atom. The Kier molecular flexibility index (Phi) is 5.16. The highest BCUT2D eigenvalue weighted by molar-refractivity contribution is 6.31. The van der Waals surface area contributed by atoms with Gasteiger partial charge in [0.15, 0.2) is 0 Å². The first kappa shape index (κ1) is 17.6. The lowest BCUT2D eigenvalue weighted by Crippen LogP contribution is -2.37. The van der Waals surface area contributed by atoms with Gasteiger partial charge in [-0.1, -0.05) is 29.8 Å². The maximum absolute atomic E-state index is 12.8. The van der Waals surface area contributed by atoms with Crippen LogP contribution in [0.2, 0.25) is 5.02 Å². The molecule has 1 amide bonds. The number of phenolic OH excluding ortho intramolecular Hbond substituents is 1. The molecule has 6 heteroatoms. The van der Waals surface area contributed by atoms with Gasteiger partial charge in [0.2, 0.25) is 5.91 Å². The molecule has 0 fully saturated rings. The minimum absolute atomic E-state index is 0.111. The summed E-state index contributed by atoms with van der Waals surface area (Å²) in [5.74, 6) is 0.644. The van der Waals surface area contributed by atoms with E-state index < -0.39 is 6.04 Å². The van der Waals surface area contributed by atoms with Crippen LogP contribution in [0, 0.1) is 0 Å². The molecule has 0 saturated carbocycles. The highest BCUT2D eigenvalue weighted by Crippen LogP contribution is 2.36. The van der Waals surface area contributed by atoms with E-state index in [9.17, 15) is 9.90 Å². The van der Waals surface area contributed by atoms with Crippen LogP contribution in [0.5, 0.6) is 11.5 Å². The predicted molar refractivity (Wildman–Crippen MR) is 98.3 cm³/mol. The third-order valence-electron chi connectivity index (χ3n) is 4.50. The van der Waals surface area contributed by atoms with E-state index >= 15 is 0 Å². The fraction of sp³-hybridized carbons (Fsp3) is 0.316. The number of methoxy groups -OCH3 is 1. The molecule has 0 aromatic heterocycles. The fourth-order valence-electron chi connectivity index (χ4n) is 3.22. The molecular formula is C19H21ClN2O3. The summed E-state index contributed by atoms with van der Waals surface area (Å²) in [6.07, 6.45) is 1.82. The lowest BCUT2D eigenvalue weighted by atomic mass is 9.99. The van der Waals surface area contributed by atoms with Gasteiger partial charge in [0, 0.05) is 24.0 Å². The molecule has 0 aliphatic carbocycles. The lowest BCUT2D eigenvalue weighted by Gasteiger charge is -2.31. The second kappa shape index (κ2) is 7.33. The number of carbonyl (C=O) groups is 1. The number of nitrogens with zero attached hydrogens (tertiary/aromatic N) is 1. The largest absolute Gasteiger partial charge is 0.506 e. The van der Waals surface area contributed by atoms with Crippen molar-refractivity contribution in [2.75, 3.05) is 18.6 Å². The molecule has 1 unspecified atom stereocenters. The molecular weight excluding hydrogens is 340 g/mol. The van der Waals surface area contributed by atoms with Crippen molar-refractivity contribution in [2.24, 2.45) is 5.73 Å². The van der Waals surface area contributed by atoms with Crippen molar-refractivity contribution in [1.29, 1.82) is 0 Å². The molecule has 1 aliphatic rings. The molecule has 25 heavy (non-hydrogen) atoms. The Morgan fingerprint density at radius 1 is 1.40 bits per heavy atom. The van der Waals surface area contributed by atoms with Gasteiger partial charge >= 0.3 is 0 Å². The molecule has 0 bridgehead atoms. The zero-order chi connectivity index (χ0) is 18.0. The van der Waals surface area contributed by atoms with Crippen molar-refractivity contribution in [3.8, 4) is 11.5 Å². The number of carbonyl (C=O) groups excluding carboxylic acids is 1. The first-order chi connectivity index (χ1) is 12.0. The van der Waals surface area contributed by atoms with Crippen molar-refractivity contribution in [3.63, 3.8) is 0 Å². The second-order valence-corrected chi connectivity index (χ2v) is 6.54. The maximum atomic E-state index is 12.8. The number of aryl methyl sites for hydroxylation is 1. The van der Waals surface area contributed by atoms with Crippen LogP contribution in [0.25, 0.3) is 0 Å². The van der Waals surface area contributed by atoms with Crippen molar-refractivity contribution < 1.29 is 14.6 Å². The molecule has 0 saturated heterocycles. The molecule has 2 aromatic carbocycles. The number of anilines is 1. The van der Waals surface area contributed by atoms with Crippen molar-refractivity contribution >= 4 is 23.2 Å². The number of fused-ring (bicyclic) bond motifs is 1. The van der Waals surface area contributed by atoms with E-state index in [-0.39, 0.29) is 18.1 Å². The molecule has 1 aliphatic heterocycles. The first-order valence-electron chi connectivity index (χ1n) is 8.21. The minimum Gasteiger partial charge on any atom is -0.506 e. The van der Waals surface area contributed by atoms with Crippen LogP contribution < -0.4 is 15.4 Å². The van der Waals surface area contributed by atoms with Crippen molar-refractivity contribution in [2.45, 2.75) is 25.3 Å². The first-order valence-corrected chi connectivity index (χ1v) is 8.59. The van der Waals surface area contributed by atoms with Crippen LogP contribution in [0.15, 0.2) is 36.4 Å². The number of benzene rings is 2. The second-order valence-electron chi connectivity index (χ2n) is 6.13. The van der Waals surface area contributed by atoms with E-state index in [0.29, 0.717) is 28.6 Å². The van der Waals surface area contributed by atoms with Crippen LogP contribution in [-0.2, 0) is 11.2 Å². The Morgan fingerprint density at radius 3 is 2.92 bits per heavy atom. The molecule has 2 aromatic rings. The summed E-state index contributed by atoms with van der Waals surface area (Å²) in [4.78, 5) is 14.4. The fourth-order valence-corrected chi connectivity index (χ4v) is 3.53. The number of aromatic hydroxyl groups is 1. The van der Waals surface area contributed by atoms with Crippen LogP contribution in [0.1, 0.15) is 30.0 Å². The number of amides is 1. The van der Waals surface area contributed by atoms with Gasteiger partial charge in [-0.05, 0) is 42.2 Å². The standard InChI is InChI=1S/C19H21ClN2O3/c1-25-13-7-8-14(15(20)10-13)16(21)11-18(24)22-9-3-5-12-4-2-6-17(23)19(12)22/h2,4,6-8,10,16,23H,3,5,9,11,21H2,1H3. The smallest absolute Gasteiger partial charge is 0.229 e. The van der Waals surface area contributed by atoms with Gasteiger partial charge in [-0.25, -0.2) is 0 Å². The Bertz CT molecular complexity index is 794. The molecule has 1 atom stereocenters. The van der Waals surface area contributed by atoms with Gasteiger partial charge in [-0.15, -0.1) is 0 Å². The third kappa shape index (κ3) is 3.57. The topological polar surface area (TPSA) is 75.8 Å². The average Bonchev–Trinajstić information content (AvgIpc) is 2.61. The van der Waals surface area contributed by atoms with E-state index in [1.807, 2.05) is 6.07 Å². The Hall–Kier alpha value is -2.24. The zero-order valence-corrected chi connectivity index (χ0v) is 14.8. The number of nitrogens with two attached hydrogens (primary N) is 1. The summed E-state index contributed by atoms with van der Waals surface area (Å²) in [6, 6.07) is 10.0. The number of halogens is 1. The lowest BCUT2D eigenvalue weighted by molar-refractivity contribution is -0.119. The summed E-state index contributed by atoms with van der Waals surface area (Å²) >= 11 is 6.25. The quantitative estimate of drug-likeness (QED) is 0.875. The number of hydrogen-bond acceptors (Lipinski definition) is 4. The normalized spacial score (nSPS) is 14.8. The summed E-state index contributed by atoms with van der Waals surface area (Å²) in [5, 5.41) is 10.6. The van der Waals surface area contributed by atoms with Gasteiger partial charge in [-0.2, -0.15) is 0 Å². The monoisotopic (exact) mass is 360 g/mol. The highest BCUT2D eigenvalue weighted by Gasteiger charge is 2.27. The van der Waals surface area contributed by atoms with E-state index in [2.05, 4.69) is 0 Å². The summed E-state index contributed by atoms with van der Waals surface area (Å²) in [5.41, 5.74) is 8.50. The number of ether oxygens (including phenoxy) is 1. The summed E-state index contributed by atoms with van der Waals surface area (Å²) in [7, 11) is 1.56. The van der Waals surface area contributed by atoms with Crippen molar-refractivity contribution in [3.05, 3.63) is 52.5 Å². The number of phenols is 1. The average molecular weight is 361 g/mol. The van der Waals surface area contributed by atoms with Crippen LogP contribution in [0.4, 0.5) is 5.69 Å². The molecule has 0 spiro atoms. The van der Waals surface area contributed by atoms with Gasteiger partial charge in [0.25, 0.3) is 0 Å². The number of rotatable bonds is 4. The van der Waals surface area contributed by atoms with E-state index in [0.717, 1.165) is 18.4 Å². The summed E-state index contributed by atoms with van der Waals surface area (Å²) < 4.78 is 5.13. The molecule has 3 rings (SSSR count). The zero-order valence-electron chi connectivity index (χ0n) is 14.0. The molecule has 1 heterocycles. The Labute approximate surface area is 152 Å². The molecule has 132 valence electrons. The van der Waals surface area contributed by atoms with Gasteiger partial charge in [-0.3, -0.25) is 4.79 Å². The van der Waals surface area contributed by atoms with E-state index in [1.54, 1.807) is 42.3 Å². The van der Waals surface area contributed by atoms with Crippen LogP contribution in [-0.4, -0.2) is 24.7 Å².